The van der Waals surface area contributed by atoms with Gasteiger partial charge in [-0.25, -0.2) is 0 Å². The average molecular weight is 297 g/mol. The zero-order valence-electron chi connectivity index (χ0n) is 12.0. The van der Waals surface area contributed by atoms with Gasteiger partial charge in [-0.15, -0.1) is 0 Å². The van der Waals surface area contributed by atoms with Gasteiger partial charge in [-0.3, -0.25) is 9.98 Å². The predicted molar refractivity (Wildman–Crippen MR) is 91.1 cm³/mol. The first-order valence-electron chi connectivity index (χ1n) is 7.67. The minimum atomic E-state index is 0.220. The Kier molecular flexibility index (Phi) is 3.34. The number of rotatable bonds is 1. The van der Waals surface area contributed by atoms with Crippen molar-refractivity contribution in [2.24, 2.45) is 4.99 Å². The normalized spacial score (nSPS) is 20.7. The van der Waals surface area contributed by atoms with Gasteiger partial charge in [0.05, 0.1) is 5.54 Å². The molecule has 2 aromatic rings. The second kappa shape index (κ2) is 5.34. The van der Waals surface area contributed by atoms with Crippen LogP contribution in [0.3, 0.4) is 0 Å². The molecule has 1 aliphatic carbocycles. The molecule has 0 unspecified atom stereocenters. The number of thioether (sulfide) groups is 1. The molecule has 1 spiro atoms. The largest absolute Gasteiger partial charge is 0.334 e. The number of benzene rings is 1. The third-order valence-corrected chi connectivity index (χ3v) is 5.67. The van der Waals surface area contributed by atoms with Crippen molar-refractivity contribution in [2.45, 2.75) is 37.6 Å². The number of amidine groups is 1. The van der Waals surface area contributed by atoms with Gasteiger partial charge in [0.25, 0.3) is 0 Å². The van der Waals surface area contributed by atoms with Crippen LogP contribution in [0, 0.1) is 0 Å². The zero-order chi connectivity index (χ0) is 14.1. The molecule has 1 aromatic carbocycles. The van der Waals surface area contributed by atoms with E-state index in [0.717, 1.165) is 16.6 Å². The lowest BCUT2D eigenvalue weighted by molar-refractivity contribution is 0.335. The van der Waals surface area contributed by atoms with E-state index >= 15 is 0 Å². The molecule has 1 saturated carbocycles. The van der Waals surface area contributed by atoms with Gasteiger partial charge in [0, 0.05) is 34.6 Å². The summed E-state index contributed by atoms with van der Waals surface area (Å²) in [6, 6.07) is 8.36. The van der Waals surface area contributed by atoms with Gasteiger partial charge in [-0.1, -0.05) is 43.2 Å². The zero-order valence-corrected chi connectivity index (χ0v) is 12.8. The smallest absolute Gasteiger partial charge is 0.161 e. The topological polar surface area (TPSA) is 37.3 Å². The highest BCUT2D eigenvalue weighted by atomic mass is 32.2. The summed E-state index contributed by atoms with van der Waals surface area (Å²) >= 11 is 1.87. The maximum absolute atomic E-state index is 5.03. The van der Waals surface area contributed by atoms with Gasteiger partial charge in [-0.2, -0.15) is 0 Å². The van der Waals surface area contributed by atoms with Gasteiger partial charge < -0.3 is 5.32 Å². The molecule has 0 saturated heterocycles. The van der Waals surface area contributed by atoms with Gasteiger partial charge in [0.2, 0.25) is 0 Å². The van der Waals surface area contributed by atoms with Crippen molar-refractivity contribution < 1.29 is 0 Å². The monoisotopic (exact) mass is 297 g/mol. The minimum Gasteiger partial charge on any atom is -0.334 e. The van der Waals surface area contributed by atoms with Crippen LogP contribution in [0.2, 0.25) is 0 Å². The first-order valence-corrected chi connectivity index (χ1v) is 8.66. The van der Waals surface area contributed by atoms with E-state index in [-0.39, 0.29) is 5.54 Å². The van der Waals surface area contributed by atoms with E-state index in [9.17, 15) is 0 Å². The molecule has 2 heterocycles. The Bertz CT molecular complexity index is 684. The molecule has 21 heavy (non-hydrogen) atoms. The first-order chi connectivity index (χ1) is 10.3. The predicted octanol–water partition coefficient (Wildman–Crippen LogP) is 4.45. The lowest BCUT2D eigenvalue weighted by Crippen LogP contribution is -2.29. The summed E-state index contributed by atoms with van der Waals surface area (Å²) in [6.07, 6.45) is 10.3. The molecule has 1 N–H and O–H groups in total. The lowest BCUT2D eigenvalue weighted by atomic mass is 9.84. The molecule has 3 nitrogen and oxygen atoms in total. The van der Waals surface area contributed by atoms with Crippen LogP contribution >= 0.6 is 11.8 Å². The van der Waals surface area contributed by atoms with E-state index in [1.807, 2.05) is 24.2 Å². The van der Waals surface area contributed by atoms with Crippen molar-refractivity contribution in [2.75, 3.05) is 11.1 Å². The molecule has 1 aromatic heterocycles. The van der Waals surface area contributed by atoms with Crippen LogP contribution in [-0.4, -0.2) is 21.4 Å². The Hall–Kier alpha value is -1.55. The number of fused-ring (bicyclic) bond motifs is 1. The van der Waals surface area contributed by atoms with Crippen LogP contribution in [0.25, 0.3) is 10.8 Å². The summed E-state index contributed by atoms with van der Waals surface area (Å²) in [7, 11) is 0. The Labute approximate surface area is 129 Å². The number of aromatic nitrogens is 1. The summed E-state index contributed by atoms with van der Waals surface area (Å²) in [5, 5.41) is 7.00. The molecule has 0 bridgehead atoms. The average Bonchev–Trinajstić information content (AvgIpc) is 2.91. The van der Waals surface area contributed by atoms with Crippen molar-refractivity contribution in [3.63, 3.8) is 0 Å². The summed E-state index contributed by atoms with van der Waals surface area (Å²) < 4.78 is 0. The van der Waals surface area contributed by atoms with Gasteiger partial charge in [0.15, 0.2) is 5.17 Å². The van der Waals surface area contributed by atoms with Crippen molar-refractivity contribution >= 4 is 33.4 Å². The molecule has 4 rings (SSSR count). The quantitative estimate of drug-likeness (QED) is 0.845. The SMILES string of the molecule is c1cc(NC2=NC3(CCCCC3)CS2)c2ccncc2c1. The standard InChI is InChI=1S/C17H19N3S/c1-2-8-17(9-3-1)12-21-16(20-17)19-15-6-4-5-13-11-18-10-7-14(13)15/h4-7,10-11H,1-3,8-9,12H2,(H,19,20). The third kappa shape index (κ3) is 2.53. The number of aliphatic imine (C=N–C) groups is 1. The van der Waals surface area contributed by atoms with E-state index in [1.165, 1.54) is 42.9 Å². The molecule has 4 heteroatoms. The highest BCUT2D eigenvalue weighted by molar-refractivity contribution is 8.14. The van der Waals surface area contributed by atoms with Crippen molar-refractivity contribution in [3.8, 4) is 0 Å². The molecule has 0 atom stereocenters. The van der Waals surface area contributed by atoms with Crippen LogP contribution in [0.5, 0.6) is 0 Å². The second-order valence-electron chi connectivity index (χ2n) is 6.02. The number of hydrogen-bond acceptors (Lipinski definition) is 4. The number of anilines is 1. The Balaban J connectivity index is 1.62. The molecular weight excluding hydrogens is 278 g/mol. The fourth-order valence-corrected chi connectivity index (χ4v) is 4.56. The molecule has 2 aliphatic rings. The van der Waals surface area contributed by atoms with Crippen molar-refractivity contribution in [3.05, 3.63) is 36.7 Å². The van der Waals surface area contributed by atoms with Crippen LogP contribution < -0.4 is 5.32 Å². The van der Waals surface area contributed by atoms with E-state index in [4.69, 9.17) is 4.99 Å². The summed E-state index contributed by atoms with van der Waals surface area (Å²) in [5.41, 5.74) is 1.35. The van der Waals surface area contributed by atoms with Crippen LogP contribution in [0.1, 0.15) is 32.1 Å². The van der Waals surface area contributed by atoms with Crippen molar-refractivity contribution in [1.82, 2.24) is 4.98 Å². The summed E-state index contributed by atoms with van der Waals surface area (Å²) in [5.74, 6) is 1.14. The summed E-state index contributed by atoms with van der Waals surface area (Å²) in [6.45, 7) is 0. The van der Waals surface area contributed by atoms with E-state index < -0.39 is 0 Å². The number of nitrogens with one attached hydrogen (secondary N) is 1. The maximum Gasteiger partial charge on any atom is 0.161 e. The number of hydrogen-bond donors (Lipinski definition) is 1. The summed E-state index contributed by atoms with van der Waals surface area (Å²) in [4.78, 5) is 9.22. The molecule has 1 aliphatic heterocycles. The Morgan fingerprint density at radius 3 is 2.90 bits per heavy atom. The lowest BCUT2D eigenvalue weighted by Gasteiger charge is -2.29. The van der Waals surface area contributed by atoms with Crippen molar-refractivity contribution in [1.29, 1.82) is 0 Å². The van der Waals surface area contributed by atoms with Gasteiger partial charge in [-0.05, 0) is 25.0 Å². The number of pyridine rings is 1. The molecule has 1 fully saturated rings. The second-order valence-corrected chi connectivity index (χ2v) is 6.98. The maximum atomic E-state index is 5.03. The van der Waals surface area contributed by atoms with E-state index in [1.54, 1.807) is 0 Å². The van der Waals surface area contributed by atoms with Crippen LogP contribution in [-0.2, 0) is 0 Å². The van der Waals surface area contributed by atoms with Crippen LogP contribution in [0.15, 0.2) is 41.7 Å². The van der Waals surface area contributed by atoms with Gasteiger partial charge in [0.1, 0.15) is 0 Å². The fourth-order valence-electron chi connectivity index (χ4n) is 3.36. The van der Waals surface area contributed by atoms with Gasteiger partial charge >= 0.3 is 0 Å². The number of nitrogens with zero attached hydrogens (tertiary/aromatic N) is 2. The molecule has 0 amide bonds. The Morgan fingerprint density at radius 1 is 1.10 bits per heavy atom. The third-order valence-electron chi connectivity index (χ3n) is 4.52. The van der Waals surface area contributed by atoms with Crippen LogP contribution in [0.4, 0.5) is 5.69 Å². The first kappa shape index (κ1) is 13.1. The molecular formula is C17H19N3S. The van der Waals surface area contributed by atoms with E-state index in [2.05, 4.69) is 34.6 Å². The molecule has 0 radical (unpaired) electrons. The fraction of sp³-hybridized carbons (Fsp3) is 0.412. The molecule has 108 valence electrons. The highest BCUT2D eigenvalue weighted by Crippen LogP contribution is 2.40. The van der Waals surface area contributed by atoms with E-state index in [0.29, 0.717) is 0 Å². The highest BCUT2D eigenvalue weighted by Gasteiger charge is 2.36. The Morgan fingerprint density at radius 2 is 2.00 bits per heavy atom. The minimum absolute atomic E-state index is 0.220.